The van der Waals surface area contributed by atoms with Crippen molar-refractivity contribution in [3.05, 3.63) is 52.5 Å². The monoisotopic (exact) mass is 446 g/mol. The molecule has 1 fully saturated rings. The number of amides is 2. The van der Waals surface area contributed by atoms with Gasteiger partial charge in [0.1, 0.15) is 17.2 Å². The van der Waals surface area contributed by atoms with E-state index in [-0.39, 0.29) is 11.8 Å². The van der Waals surface area contributed by atoms with Crippen LogP contribution in [0.2, 0.25) is 5.02 Å². The fourth-order valence-electron chi connectivity index (χ4n) is 3.47. The van der Waals surface area contributed by atoms with E-state index in [1.54, 1.807) is 48.1 Å². The molecule has 166 valence electrons. The van der Waals surface area contributed by atoms with Crippen molar-refractivity contribution in [2.24, 2.45) is 0 Å². The highest BCUT2D eigenvalue weighted by atomic mass is 35.5. The summed E-state index contributed by atoms with van der Waals surface area (Å²) in [5, 5.41) is 0.467. The van der Waals surface area contributed by atoms with Gasteiger partial charge in [-0.05, 0) is 43.7 Å². The van der Waals surface area contributed by atoms with Crippen molar-refractivity contribution < 1.29 is 23.8 Å². The number of rotatable bonds is 6. The maximum absolute atomic E-state index is 13.0. The Labute approximate surface area is 187 Å². The van der Waals surface area contributed by atoms with E-state index in [2.05, 4.69) is 0 Å². The first-order valence-electron chi connectivity index (χ1n) is 10.1. The van der Waals surface area contributed by atoms with E-state index in [0.717, 1.165) is 5.56 Å². The minimum Gasteiger partial charge on any atom is -0.497 e. The third-order valence-corrected chi connectivity index (χ3v) is 5.57. The zero-order chi connectivity index (χ0) is 22.5. The fourth-order valence-corrected chi connectivity index (χ4v) is 3.64. The van der Waals surface area contributed by atoms with Crippen molar-refractivity contribution >= 4 is 23.4 Å². The molecule has 1 aliphatic rings. The molecule has 8 heteroatoms. The van der Waals surface area contributed by atoms with Gasteiger partial charge in [0.2, 0.25) is 0 Å². The van der Waals surface area contributed by atoms with Crippen molar-refractivity contribution in [3.63, 3.8) is 0 Å². The van der Waals surface area contributed by atoms with E-state index >= 15 is 0 Å². The molecule has 2 aromatic rings. The average Bonchev–Trinajstić information content (AvgIpc) is 2.80. The van der Waals surface area contributed by atoms with Gasteiger partial charge in [-0.3, -0.25) is 9.59 Å². The van der Waals surface area contributed by atoms with Crippen molar-refractivity contribution in [2.75, 3.05) is 40.4 Å². The van der Waals surface area contributed by atoms with Crippen LogP contribution >= 0.6 is 11.6 Å². The van der Waals surface area contributed by atoms with Gasteiger partial charge in [0.15, 0.2) is 6.10 Å². The van der Waals surface area contributed by atoms with Crippen LogP contribution in [-0.2, 0) is 4.79 Å². The summed E-state index contributed by atoms with van der Waals surface area (Å²) in [5.74, 6) is 1.29. The number of piperazine rings is 1. The Bertz CT molecular complexity index is 957. The Morgan fingerprint density at radius 3 is 2.26 bits per heavy atom. The molecule has 0 spiro atoms. The molecule has 1 heterocycles. The number of carbonyl (C=O) groups excluding carboxylic acids is 2. The van der Waals surface area contributed by atoms with Gasteiger partial charge < -0.3 is 24.0 Å². The smallest absolute Gasteiger partial charge is 0.263 e. The summed E-state index contributed by atoms with van der Waals surface area (Å²) in [4.78, 5) is 29.2. The van der Waals surface area contributed by atoms with Crippen LogP contribution in [0.15, 0.2) is 36.4 Å². The molecule has 2 aromatic carbocycles. The van der Waals surface area contributed by atoms with Crippen LogP contribution in [0.3, 0.4) is 0 Å². The van der Waals surface area contributed by atoms with Crippen LogP contribution in [0, 0.1) is 6.92 Å². The van der Waals surface area contributed by atoms with Crippen LogP contribution in [0.1, 0.15) is 22.8 Å². The van der Waals surface area contributed by atoms with E-state index < -0.39 is 6.10 Å². The number of aryl methyl sites for hydroxylation is 1. The maximum Gasteiger partial charge on any atom is 0.263 e. The molecule has 7 nitrogen and oxygen atoms in total. The molecule has 1 atom stereocenters. The molecule has 2 amide bonds. The standard InChI is InChI=1S/C23H27ClN2O5/c1-15-5-8-19(24)21(13-15)31-16(2)22(27)25-9-11-26(12-10-25)23(28)18-7-6-17(29-3)14-20(18)30-4/h5-8,13-14,16H,9-12H2,1-4H3. The number of nitrogens with zero attached hydrogens (tertiary/aromatic N) is 2. The largest absolute Gasteiger partial charge is 0.497 e. The first-order chi connectivity index (χ1) is 14.8. The van der Waals surface area contributed by atoms with E-state index in [1.165, 1.54) is 7.11 Å². The SMILES string of the molecule is COc1ccc(C(=O)N2CCN(C(=O)C(C)Oc3cc(C)ccc3Cl)CC2)c(OC)c1. The second-order valence-corrected chi connectivity index (χ2v) is 7.78. The van der Waals surface area contributed by atoms with Crippen LogP contribution in [0.4, 0.5) is 0 Å². The topological polar surface area (TPSA) is 68.3 Å². The summed E-state index contributed by atoms with van der Waals surface area (Å²) >= 11 is 6.17. The molecule has 1 unspecified atom stereocenters. The average molecular weight is 447 g/mol. The summed E-state index contributed by atoms with van der Waals surface area (Å²) in [6.45, 7) is 5.36. The number of hydrogen-bond acceptors (Lipinski definition) is 5. The normalized spacial score (nSPS) is 14.7. The van der Waals surface area contributed by atoms with Gasteiger partial charge in [-0.2, -0.15) is 0 Å². The Kier molecular flexibility index (Phi) is 7.28. The summed E-state index contributed by atoms with van der Waals surface area (Å²) in [6, 6.07) is 10.5. The predicted molar refractivity (Wildman–Crippen MR) is 118 cm³/mol. The lowest BCUT2D eigenvalue weighted by atomic mass is 10.1. The molecular weight excluding hydrogens is 420 g/mol. The Balaban J connectivity index is 1.60. The molecule has 0 radical (unpaired) electrons. The minimum absolute atomic E-state index is 0.133. The number of hydrogen-bond donors (Lipinski definition) is 0. The second-order valence-electron chi connectivity index (χ2n) is 7.38. The number of methoxy groups -OCH3 is 2. The van der Waals surface area contributed by atoms with E-state index in [4.69, 9.17) is 25.8 Å². The molecule has 0 bridgehead atoms. The molecule has 1 aliphatic heterocycles. The Morgan fingerprint density at radius 2 is 1.61 bits per heavy atom. The van der Waals surface area contributed by atoms with E-state index in [9.17, 15) is 9.59 Å². The molecule has 0 saturated carbocycles. The maximum atomic E-state index is 13.0. The molecule has 1 saturated heterocycles. The van der Waals surface area contributed by atoms with Crippen LogP contribution in [0.25, 0.3) is 0 Å². The third kappa shape index (κ3) is 5.22. The molecule has 0 aromatic heterocycles. The van der Waals surface area contributed by atoms with Crippen molar-refractivity contribution in [1.82, 2.24) is 9.80 Å². The third-order valence-electron chi connectivity index (χ3n) is 5.26. The highest BCUT2D eigenvalue weighted by Gasteiger charge is 2.29. The molecular formula is C23H27ClN2O5. The van der Waals surface area contributed by atoms with E-state index in [0.29, 0.717) is 54.0 Å². The van der Waals surface area contributed by atoms with Gasteiger partial charge in [0.05, 0.1) is 24.8 Å². The molecule has 0 N–H and O–H groups in total. The zero-order valence-corrected chi connectivity index (χ0v) is 18.9. The van der Waals surface area contributed by atoms with Gasteiger partial charge in [-0.25, -0.2) is 0 Å². The quantitative estimate of drug-likeness (QED) is 0.680. The van der Waals surface area contributed by atoms with Gasteiger partial charge >= 0.3 is 0 Å². The predicted octanol–water partition coefficient (Wildman–Crippen LogP) is 3.42. The van der Waals surface area contributed by atoms with E-state index in [1.807, 2.05) is 19.1 Å². The highest BCUT2D eigenvalue weighted by Crippen LogP contribution is 2.28. The summed E-state index contributed by atoms with van der Waals surface area (Å²) in [7, 11) is 3.08. The lowest BCUT2D eigenvalue weighted by Gasteiger charge is -2.36. The van der Waals surface area contributed by atoms with Crippen molar-refractivity contribution in [3.8, 4) is 17.2 Å². The lowest BCUT2D eigenvalue weighted by Crippen LogP contribution is -2.53. The van der Waals surface area contributed by atoms with Crippen LogP contribution < -0.4 is 14.2 Å². The molecule has 31 heavy (non-hydrogen) atoms. The van der Waals surface area contributed by atoms with Crippen molar-refractivity contribution in [2.45, 2.75) is 20.0 Å². The number of ether oxygens (including phenoxy) is 3. The van der Waals surface area contributed by atoms with Crippen LogP contribution in [0.5, 0.6) is 17.2 Å². The van der Waals surface area contributed by atoms with Gasteiger partial charge in [0, 0.05) is 32.2 Å². The summed E-state index contributed by atoms with van der Waals surface area (Å²) in [5.41, 5.74) is 1.47. The highest BCUT2D eigenvalue weighted by molar-refractivity contribution is 6.32. The van der Waals surface area contributed by atoms with Crippen LogP contribution in [-0.4, -0.2) is 68.1 Å². The number of halogens is 1. The number of benzene rings is 2. The fraction of sp³-hybridized carbons (Fsp3) is 0.391. The summed E-state index contributed by atoms with van der Waals surface area (Å²) < 4.78 is 16.3. The summed E-state index contributed by atoms with van der Waals surface area (Å²) in [6.07, 6.45) is -0.678. The molecule has 3 rings (SSSR count). The van der Waals surface area contributed by atoms with Gasteiger partial charge in [0.25, 0.3) is 11.8 Å². The Hall–Kier alpha value is -2.93. The Morgan fingerprint density at radius 1 is 0.935 bits per heavy atom. The zero-order valence-electron chi connectivity index (χ0n) is 18.2. The van der Waals surface area contributed by atoms with Gasteiger partial charge in [-0.15, -0.1) is 0 Å². The number of carbonyl (C=O) groups is 2. The molecule has 0 aliphatic carbocycles. The second kappa shape index (κ2) is 9.92. The van der Waals surface area contributed by atoms with Gasteiger partial charge in [-0.1, -0.05) is 17.7 Å². The first-order valence-corrected chi connectivity index (χ1v) is 10.4. The van der Waals surface area contributed by atoms with Crippen molar-refractivity contribution in [1.29, 1.82) is 0 Å². The minimum atomic E-state index is -0.678. The lowest BCUT2D eigenvalue weighted by molar-refractivity contribution is -0.139. The first kappa shape index (κ1) is 22.7.